The van der Waals surface area contributed by atoms with E-state index >= 15 is 0 Å². The third-order valence-corrected chi connectivity index (χ3v) is 0.408. The van der Waals surface area contributed by atoms with Crippen LogP contribution in [0.5, 0.6) is 0 Å². The van der Waals surface area contributed by atoms with E-state index < -0.39 is 0 Å². The number of ether oxygens (including phenoxy) is 1. The minimum atomic E-state index is 0. The van der Waals surface area contributed by atoms with Gasteiger partial charge in [-0.05, 0) is 7.11 Å². The van der Waals surface area contributed by atoms with Crippen molar-refractivity contribution in [3.8, 4) is 0 Å². The van der Waals surface area contributed by atoms with Crippen LogP contribution in [0.1, 0.15) is 13.8 Å². The second kappa shape index (κ2) is 10.1. The Bertz CT molecular complexity index is 25.7. The Balaban J connectivity index is -0.0000000800. The van der Waals surface area contributed by atoms with Gasteiger partial charge in [-0.15, -0.1) is 0 Å². The molecule has 0 saturated heterocycles. The van der Waals surface area contributed by atoms with E-state index in [1.54, 1.807) is 7.11 Å². The van der Waals surface area contributed by atoms with Crippen LogP contribution in [0.4, 0.5) is 0 Å². The first kappa shape index (κ1) is 15.7. The van der Waals surface area contributed by atoms with Crippen LogP contribution in [0, 0.1) is 37.2 Å². The summed E-state index contributed by atoms with van der Waals surface area (Å²) >= 11 is 0. The molecule has 0 heterocycles. The predicted molar refractivity (Wildman–Crippen MR) is 26.9 cm³/mol. The van der Waals surface area contributed by atoms with E-state index in [0.717, 1.165) is 6.10 Å². The van der Waals surface area contributed by atoms with Crippen LogP contribution in [0.2, 0.25) is 0 Å². The number of methoxy groups -OCH3 is 1. The summed E-state index contributed by atoms with van der Waals surface area (Å²) in [6.45, 7) is 3.83. The van der Waals surface area contributed by atoms with Gasteiger partial charge in [-0.3, -0.25) is 0 Å². The molecule has 0 rings (SSSR count). The number of rotatable bonds is 1. The Morgan fingerprint density at radius 3 is 1.43 bits per heavy atom. The van der Waals surface area contributed by atoms with Gasteiger partial charge in [0.15, 0.2) is 0 Å². The average Bonchev–Trinajstić information content (AvgIpc) is 1.38. The maximum Gasteiger partial charge on any atom is 2.00 e. The molecule has 0 aromatic rings. The summed E-state index contributed by atoms with van der Waals surface area (Å²) in [5.74, 6) is 0. The fourth-order valence-electron chi connectivity index (χ4n) is 0. The maximum absolute atomic E-state index is 4.67. The SMILES string of the molecule is CO[C-](C)C.[NH2-].[U+2]. The molecule has 0 aliphatic heterocycles. The summed E-state index contributed by atoms with van der Waals surface area (Å²) in [7, 11) is 1.66. The Kier molecular flexibility index (Phi) is 22.5. The standard InChI is InChI=1S/C4H9O.H2N.U/c1-4(2)5-3;;/h1-3H3;1H2;/q2*-1;+2. The summed E-state index contributed by atoms with van der Waals surface area (Å²) in [6, 6.07) is 0. The Morgan fingerprint density at radius 1 is 1.29 bits per heavy atom. The van der Waals surface area contributed by atoms with E-state index in [0.29, 0.717) is 0 Å². The molecule has 0 unspecified atom stereocenters. The quantitative estimate of drug-likeness (QED) is 0.679. The summed E-state index contributed by atoms with van der Waals surface area (Å²) < 4.78 is 4.67. The van der Waals surface area contributed by atoms with Crippen molar-refractivity contribution in [2.45, 2.75) is 13.8 Å². The van der Waals surface area contributed by atoms with E-state index in [-0.39, 0.29) is 37.3 Å². The van der Waals surface area contributed by atoms with E-state index in [4.69, 9.17) is 0 Å². The van der Waals surface area contributed by atoms with Crippen LogP contribution < -0.4 is 0 Å². The Morgan fingerprint density at radius 2 is 1.43 bits per heavy atom. The molecule has 0 amide bonds. The first-order valence-electron chi connectivity index (χ1n) is 1.61. The van der Waals surface area contributed by atoms with Crippen molar-refractivity contribution in [2.75, 3.05) is 7.11 Å². The van der Waals surface area contributed by atoms with Gasteiger partial charge < -0.3 is 10.9 Å². The van der Waals surface area contributed by atoms with Crippen LogP contribution in [-0.2, 0) is 4.74 Å². The number of hydrogen-bond acceptors (Lipinski definition) is 1. The molecular weight excluding hydrogens is 316 g/mol. The molecule has 3 heteroatoms. The number of hydrogen-bond donors (Lipinski definition) is 0. The average molecular weight is 327 g/mol. The molecule has 0 aromatic heterocycles. The van der Waals surface area contributed by atoms with E-state index in [1.807, 2.05) is 13.8 Å². The smallest absolute Gasteiger partial charge is 0.693 e. The predicted octanol–water partition coefficient (Wildman–Crippen LogP) is 1.92. The minimum absolute atomic E-state index is 0. The van der Waals surface area contributed by atoms with Crippen LogP contribution in [0.3, 0.4) is 0 Å². The van der Waals surface area contributed by atoms with Crippen molar-refractivity contribution in [1.29, 1.82) is 0 Å². The van der Waals surface area contributed by atoms with Gasteiger partial charge in [-0.25, -0.2) is 6.10 Å². The zero-order chi connectivity index (χ0) is 4.28. The molecule has 0 radical (unpaired) electrons. The molecular formula is C4H11NOU. The van der Waals surface area contributed by atoms with Crippen molar-refractivity contribution >= 4 is 0 Å². The Labute approximate surface area is 69.0 Å². The van der Waals surface area contributed by atoms with Gasteiger partial charge in [-0.2, -0.15) is 13.8 Å². The van der Waals surface area contributed by atoms with E-state index in [1.165, 1.54) is 0 Å². The van der Waals surface area contributed by atoms with Crippen LogP contribution in [0.15, 0.2) is 0 Å². The van der Waals surface area contributed by atoms with Gasteiger partial charge in [0.25, 0.3) is 0 Å². The largest absolute Gasteiger partial charge is 2.00 e. The van der Waals surface area contributed by atoms with Crippen molar-refractivity contribution in [3.05, 3.63) is 12.3 Å². The van der Waals surface area contributed by atoms with E-state index in [2.05, 4.69) is 4.74 Å². The maximum atomic E-state index is 4.67. The Hall–Kier alpha value is 0.972. The van der Waals surface area contributed by atoms with Crippen LogP contribution in [-0.4, -0.2) is 7.11 Å². The van der Waals surface area contributed by atoms with Crippen molar-refractivity contribution in [3.63, 3.8) is 0 Å². The van der Waals surface area contributed by atoms with Crippen LogP contribution >= 0.6 is 0 Å². The first-order chi connectivity index (χ1) is 2.27. The number of nitrogens with two attached hydrogens (primary N) is 1. The third kappa shape index (κ3) is 19.5. The van der Waals surface area contributed by atoms with E-state index in [9.17, 15) is 0 Å². The topological polar surface area (TPSA) is 42.7 Å². The van der Waals surface area contributed by atoms with Crippen LogP contribution in [0.25, 0.3) is 6.15 Å². The van der Waals surface area contributed by atoms with Gasteiger partial charge in [-0.1, -0.05) is 0 Å². The normalized spacial score (nSPS) is 6.86. The second-order valence-corrected chi connectivity index (χ2v) is 1.11. The molecule has 7 heavy (non-hydrogen) atoms. The molecule has 0 aliphatic carbocycles. The molecule has 0 fully saturated rings. The fraction of sp³-hybridized carbons (Fsp3) is 0.750. The van der Waals surface area contributed by atoms with Gasteiger partial charge in [0.05, 0.1) is 0 Å². The molecule has 0 bridgehead atoms. The second-order valence-electron chi connectivity index (χ2n) is 1.11. The molecule has 0 aromatic carbocycles. The first-order valence-corrected chi connectivity index (χ1v) is 1.61. The van der Waals surface area contributed by atoms with Crippen molar-refractivity contribution < 1.29 is 35.9 Å². The van der Waals surface area contributed by atoms with Gasteiger partial charge in [0.1, 0.15) is 0 Å². The van der Waals surface area contributed by atoms with Gasteiger partial charge >= 0.3 is 31.1 Å². The molecule has 42 valence electrons. The zero-order valence-electron chi connectivity index (χ0n) is 4.99. The molecule has 0 aliphatic rings. The van der Waals surface area contributed by atoms with Crippen molar-refractivity contribution in [2.24, 2.45) is 0 Å². The molecule has 0 spiro atoms. The fourth-order valence-corrected chi connectivity index (χ4v) is 0. The molecule has 0 saturated carbocycles. The summed E-state index contributed by atoms with van der Waals surface area (Å²) in [5, 5.41) is 0. The minimum Gasteiger partial charge on any atom is -0.693 e. The molecule has 0 atom stereocenters. The third-order valence-electron chi connectivity index (χ3n) is 0.408. The zero-order valence-corrected chi connectivity index (χ0v) is 9.15. The summed E-state index contributed by atoms with van der Waals surface area (Å²) in [5.41, 5.74) is 0. The molecule has 2 N–H and O–H groups in total. The van der Waals surface area contributed by atoms with Gasteiger partial charge in [0.2, 0.25) is 0 Å². The van der Waals surface area contributed by atoms with Gasteiger partial charge in [0, 0.05) is 0 Å². The molecule has 2 nitrogen and oxygen atoms in total. The summed E-state index contributed by atoms with van der Waals surface area (Å²) in [4.78, 5) is 0. The summed E-state index contributed by atoms with van der Waals surface area (Å²) in [6.07, 6.45) is 1.00. The monoisotopic (exact) mass is 327 g/mol. The van der Waals surface area contributed by atoms with Crippen molar-refractivity contribution in [1.82, 2.24) is 0 Å².